The highest BCUT2D eigenvalue weighted by Crippen LogP contribution is 2.24. The summed E-state index contributed by atoms with van der Waals surface area (Å²) < 4.78 is 26.8. The molecule has 0 aromatic heterocycles. The standard InChI is InChI=1S/C20H25N3O3S.ClH/c1-15-5-11-19(12-6-15)27(25,26)22(2)17-9-7-16(8-10-17)20(24)23-13-3-4-18(23)14-21;/h5-12,18H,3-4,13-14,21H2,1-2H3;1H. The Balaban J connectivity index is 0.00000280. The fraction of sp³-hybridized carbons (Fsp3) is 0.350. The predicted molar refractivity (Wildman–Crippen MR) is 114 cm³/mol. The average Bonchev–Trinajstić information content (AvgIpc) is 3.16. The Morgan fingerprint density at radius 3 is 2.32 bits per heavy atom. The summed E-state index contributed by atoms with van der Waals surface area (Å²) in [7, 11) is -2.14. The molecule has 0 aliphatic carbocycles. The minimum Gasteiger partial charge on any atom is -0.334 e. The lowest BCUT2D eigenvalue weighted by atomic mass is 10.1. The number of likely N-dealkylation sites (tertiary alicyclic amines) is 1. The van der Waals surface area contributed by atoms with Gasteiger partial charge in [0.15, 0.2) is 0 Å². The molecular weight excluding hydrogens is 398 g/mol. The molecule has 28 heavy (non-hydrogen) atoms. The summed E-state index contributed by atoms with van der Waals surface area (Å²) in [6, 6.07) is 13.5. The van der Waals surface area contributed by atoms with Crippen molar-refractivity contribution < 1.29 is 13.2 Å². The van der Waals surface area contributed by atoms with E-state index in [4.69, 9.17) is 5.73 Å². The number of carbonyl (C=O) groups excluding carboxylic acids is 1. The molecule has 6 nitrogen and oxygen atoms in total. The molecule has 1 amide bonds. The van der Waals surface area contributed by atoms with E-state index in [1.54, 1.807) is 48.5 Å². The highest BCUT2D eigenvalue weighted by Gasteiger charge is 2.28. The van der Waals surface area contributed by atoms with Crippen molar-refractivity contribution in [2.45, 2.75) is 30.7 Å². The van der Waals surface area contributed by atoms with E-state index in [2.05, 4.69) is 0 Å². The molecule has 1 saturated heterocycles. The third-order valence-corrected chi connectivity index (χ3v) is 6.87. The van der Waals surface area contributed by atoms with Crippen molar-refractivity contribution in [1.29, 1.82) is 0 Å². The van der Waals surface area contributed by atoms with E-state index in [9.17, 15) is 13.2 Å². The number of rotatable bonds is 5. The summed E-state index contributed by atoms with van der Waals surface area (Å²) in [5.74, 6) is -0.0569. The molecule has 1 heterocycles. The maximum absolute atomic E-state index is 12.8. The van der Waals surface area contributed by atoms with Crippen LogP contribution in [0.15, 0.2) is 53.4 Å². The molecule has 8 heteroatoms. The molecule has 152 valence electrons. The maximum Gasteiger partial charge on any atom is 0.264 e. The first kappa shape index (κ1) is 22.2. The zero-order valence-electron chi connectivity index (χ0n) is 16.0. The monoisotopic (exact) mass is 423 g/mol. The van der Waals surface area contributed by atoms with E-state index in [0.717, 1.165) is 18.4 Å². The van der Waals surface area contributed by atoms with Crippen LogP contribution in [0.5, 0.6) is 0 Å². The molecule has 0 radical (unpaired) electrons. The predicted octanol–water partition coefficient (Wildman–Crippen LogP) is 2.81. The number of benzene rings is 2. The van der Waals surface area contributed by atoms with E-state index >= 15 is 0 Å². The fourth-order valence-corrected chi connectivity index (χ4v) is 4.53. The van der Waals surface area contributed by atoms with Crippen molar-refractivity contribution >= 4 is 34.0 Å². The van der Waals surface area contributed by atoms with Gasteiger partial charge in [-0.15, -0.1) is 12.4 Å². The highest BCUT2D eigenvalue weighted by molar-refractivity contribution is 7.92. The number of nitrogens with two attached hydrogens (primary N) is 1. The number of anilines is 1. The third kappa shape index (κ3) is 4.32. The number of halogens is 1. The molecular formula is C20H26ClN3O3S. The minimum atomic E-state index is -3.65. The Labute approximate surface area is 172 Å². The zero-order chi connectivity index (χ0) is 19.6. The Kier molecular flexibility index (Phi) is 7.09. The molecule has 1 fully saturated rings. The Morgan fingerprint density at radius 2 is 1.75 bits per heavy atom. The van der Waals surface area contributed by atoms with Gasteiger partial charge in [0.2, 0.25) is 0 Å². The van der Waals surface area contributed by atoms with Crippen LogP contribution in [-0.2, 0) is 10.0 Å². The first-order valence-corrected chi connectivity index (χ1v) is 10.5. The van der Waals surface area contributed by atoms with E-state index in [1.165, 1.54) is 11.4 Å². The van der Waals surface area contributed by atoms with Crippen LogP contribution in [0.4, 0.5) is 5.69 Å². The van der Waals surface area contributed by atoms with Crippen molar-refractivity contribution in [1.82, 2.24) is 4.90 Å². The lowest BCUT2D eigenvalue weighted by molar-refractivity contribution is 0.0741. The van der Waals surface area contributed by atoms with Crippen LogP contribution in [0.1, 0.15) is 28.8 Å². The van der Waals surface area contributed by atoms with Gasteiger partial charge in [0.05, 0.1) is 10.6 Å². The van der Waals surface area contributed by atoms with Crippen LogP contribution >= 0.6 is 12.4 Å². The number of aryl methyl sites for hydroxylation is 1. The summed E-state index contributed by atoms with van der Waals surface area (Å²) in [6.07, 6.45) is 1.89. The molecule has 0 spiro atoms. The van der Waals surface area contributed by atoms with Crippen molar-refractivity contribution in [2.75, 3.05) is 24.4 Å². The Morgan fingerprint density at radius 1 is 1.14 bits per heavy atom. The Bertz CT molecular complexity index is 915. The molecule has 1 unspecified atom stereocenters. The molecule has 0 bridgehead atoms. The van der Waals surface area contributed by atoms with Gasteiger partial charge in [-0.1, -0.05) is 17.7 Å². The Hall–Kier alpha value is -2.09. The maximum atomic E-state index is 12.8. The summed E-state index contributed by atoms with van der Waals surface area (Å²) in [5.41, 5.74) is 7.79. The van der Waals surface area contributed by atoms with E-state index in [-0.39, 0.29) is 29.3 Å². The van der Waals surface area contributed by atoms with Gasteiger partial charge in [-0.25, -0.2) is 8.42 Å². The highest BCUT2D eigenvalue weighted by atomic mass is 35.5. The van der Waals surface area contributed by atoms with Crippen LogP contribution in [0.3, 0.4) is 0 Å². The number of amides is 1. The van der Waals surface area contributed by atoms with Crippen molar-refractivity contribution in [2.24, 2.45) is 5.73 Å². The largest absolute Gasteiger partial charge is 0.334 e. The van der Waals surface area contributed by atoms with Crippen LogP contribution in [0, 0.1) is 6.92 Å². The van der Waals surface area contributed by atoms with Gasteiger partial charge < -0.3 is 10.6 Å². The third-order valence-electron chi connectivity index (χ3n) is 5.07. The second kappa shape index (κ2) is 8.94. The van der Waals surface area contributed by atoms with Gasteiger partial charge in [0.1, 0.15) is 0 Å². The average molecular weight is 424 g/mol. The van der Waals surface area contributed by atoms with Crippen molar-refractivity contribution in [3.63, 3.8) is 0 Å². The summed E-state index contributed by atoms with van der Waals surface area (Å²) in [4.78, 5) is 14.7. The molecule has 0 saturated carbocycles. The van der Waals surface area contributed by atoms with E-state index < -0.39 is 10.0 Å². The molecule has 2 N–H and O–H groups in total. The van der Waals surface area contributed by atoms with Crippen LogP contribution in [-0.4, -0.2) is 45.4 Å². The van der Waals surface area contributed by atoms with Crippen molar-refractivity contribution in [3.8, 4) is 0 Å². The van der Waals surface area contributed by atoms with Gasteiger partial charge in [-0.2, -0.15) is 0 Å². The van der Waals surface area contributed by atoms with Crippen LogP contribution in [0.2, 0.25) is 0 Å². The van der Waals surface area contributed by atoms with Gasteiger partial charge in [0, 0.05) is 31.7 Å². The molecule has 1 aliphatic rings. The normalized spacial score (nSPS) is 16.5. The number of sulfonamides is 1. The van der Waals surface area contributed by atoms with Crippen LogP contribution in [0.25, 0.3) is 0 Å². The molecule has 1 atom stereocenters. The van der Waals surface area contributed by atoms with E-state index in [0.29, 0.717) is 24.3 Å². The van der Waals surface area contributed by atoms with Gasteiger partial charge in [0.25, 0.3) is 15.9 Å². The van der Waals surface area contributed by atoms with Crippen molar-refractivity contribution in [3.05, 3.63) is 59.7 Å². The summed E-state index contributed by atoms with van der Waals surface area (Å²) >= 11 is 0. The van der Waals surface area contributed by atoms with Crippen LogP contribution < -0.4 is 10.0 Å². The lowest BCUT2D eigenvalue weighted by Crippen LogP contribution is -2.39. The lowest BCUT2D eigenvalue weighted by Gasteiger charge is -2.24. The topological polar surface area (TPSA) is 83.7 Å². The number of carbonyl (C=O) groups is 1. The molecule has 1 aliphatic heterocycles. The summed E-state index contributed by atoms with van der Waals surface area (Å²) in [6.45, 7) is 3.08. The number of nitrogens with zero attached hydrogens (tertiary/aromatic N) is 2. The molecule has 2 aromatic rings. The number of hydrogen-bond acceptors (Lipinski definition) is 4. The van der Waals surface area contributed by atoms with Gasteiger partial charge in [-0.3, -0.25) is 9.10 Å². The number of hydrogen-bond donors (Lipinski definition) is 1. The molecule has 3 rings (SSSR count). The smallest absolute Gasteiger partial charge is 0.264 e. The van der Waals surface area contributed by atoms with Gasteiger partial charge >= 0.3 is 0 Å². The molecule has 2 aromatic carbocycles. The first-order chi connectivity index (χ1) is 12.8. The zero-order valence-corrected chi connectivity index (χ0v) is 17.7. The minimum absolute atomic E-state index is 0. The van der Waals surface area contributed by atoms with Gasteiger partial charge in [-0.05, 0) is 56.2 Å². The second-order valence-electron chi connectivity index (χ2n) is 6.86. The quantitative estimate of drug-likeness (QED) is 0.801. The summed E-state index contributed by atoms with van der Waals surface area (Å²) in [5, 5.41) is 0. The first-order valence-electron chi connectivity index (χ1n) is 9.01. The fourth-order valence-electron chi connectivity index (χ4n) is 3.34. The van der Waals surface area contributed by atoms with E-state index in [1.807, 2.05) is 11.8 Å². The SMILES string of the molecule is Cc1ccc(S(=O)(=O)N(C)c2ccc(C(=O)N3CCCC3CN)cc2)cc1.Cl. The second-order valence-corrected chi connectivity index (χ2v) is 8.83.